The van der Waals surface area contributed by atoms with Gasteiger partial charge in [-0.1, -0.05) is 19.1 Å². The zero-order valence-corrected chi connectivity index (χ0v) is 13.3. The number of halogens is 1. The van der Waals surface area contributed by atoms with Crippen molar-refractivity contribution in [1.29, 1.82) is 0 Å². The quantitative estimate of drug-likeness (QED) is 0.805. The van der Waals surface area contributed by atoms with Gasteiger partial charge in [-0.15, -0.1) is 11.3 Å². The van der Waals surface area contributed by atoms with Crippen molar-refractivity contribution in [1.82, 2.24) is 10.3 Å². The second-order valence-electron chi connectivity index (χ2n) is 4.94. The number of hydrogen-bond donors (Lipinski definition) is 1. The van der Waals surface area contributed by atoms with Crippen molar-refractivity contribution in [3.63, 3.8) is 0 Å². The average molecular weight is 308 g/mol. The molecule has 0 aliphatic rings. The number of aromatic nitrogens is 1. The molecule has 0 aliphatic heterocycles. The van der Waals surface area contributed by atoms with Crippen LogP contribution in [-0.4, -0.2) is 17.6 Å². The smallest absolute Gasteiger partial charge is 0.165 e. The molecule has 0 radical (unpaired) electrons. The molecule has 1 N–H and O–H groups in total. The Morgan fingerprint density at radius 2 is 2.19 bits per heavy atom. The molecule has 0 amide bonds. The Balaban J connectivity index is 1.76. The van der Waals surface area contributed by atoms with Crippen LogP contribution in [0.1, 0.15) is 30.2 Å². The molecule has 1 unspecified atom stereocenters. The maximum Gasteiger partial charge on any atom is 0.165 e. The molecule has 1 aromatic heterocycles. The number of para-hydroxylation sites is 1. The lowest BCUT2D eigenvalue weighted by molar-refractivity contribution is 0.305. The molecule has 114 valence electrons. The van der Waals surface area contributed by atoms with E-state index in [1.807, 2.05) is 6.20 Å². The van der Waals surface area contributed by atoms with Gasteiger partial charge in [0, 0.05) is 30.1 Å². The fraction of sp³-hybridized carbons (Fsp3) is 0.438. The van der Waals surface area contributed by atoms with Crippen LogP contribution in [0.15, 0.2) is 30.5 Å². The fourth-order valence-electron chi connectivity index (χ4n) is 1.77. The molecule has 0 saturated heterocycles. The van der Waals surface area contributed by atoms with Gasteiger partial charge in [-0.3, -0.25) is 0 Å². The number of ether oxygens (including phenoxy) is 1. The van der Waals surface area contributed by atoms with Crippen LogP contribution in [0.5, 0.6) is 5.75 Å². The normalized spacial score (nSPS) is 12.3. The molecule has 21 heavy (non-hydrogen) atoms. The topological polar surface area (TPSA) is 34.2 Å². The third-order valence-electron chi connectivity index (χ3n) is 3.25. The summed E-state index contributed by atoms with van der Waals surface area (Å²) in [4.78, 5) is 5.60. The van der Waals surface area contributed by atoms with E-state index in [1.165, 1.54) is 10.9 Å². The Morgan fingerprint density at radius 1 is 1.38 bits per heavy atom. The van der Waals surface area contributed by atoms with E-state index in [9.17, 15) is 4.39 Å². The predicted molar refractivity (Wildman–Crippen MR) is 84.3 cm³/mol. The monoisotopic (exact) mass is 308 g/mol. The van der Waals surface area contributed by atoms with Gasteiger partial charge in [0.25, 0.3) is 0 Å². The van der Waals surface area contributed by atoms with Crippen molar-refractivity contribution >= 4 is 11.3 Å². The summed E-state index contributed by atoms with van der Waals surface area (Å²) < 4.78 is 18.8. The number of benzene rings is 1. The first kappa shape index (κ1) is 15.9. The van der Waals surface area contributed by atoms with Crippen LogP contribution in [0.2, 0.25) is 0 Å². The van der Waals surface area contributed by atoms with Crippen molar-refractivity contribution in [2.75, 3.05) is 6.61 Å². The molecule has 1 heterocycles. The highest BCUT2D eigenvalue weighted by molar-refractivity contribution is 7.11. The lowest BCUT2D eigenvalue weighted by Crippen LogP contribution is -2.23. The Hall–Kier alpha value is -1.46. The molecule has 0 saturated carbocycles. The van der Waals surface area contributed by atoms with Crippen LogP contribution in [0.3, 0.4) is 0 Å². The Labute approximate surface area is 129 Å². The predicted octanol–water partition coefficient (Wildman–Crippen LogP) is 3.79. The number of nitrogens with zero attached hydrogens (tertiary/aromatic N) is 1. The molecule has 1 aromatic carbocycles. The zero-order valence-electron chi connectivity index (χ0n) is 12.4. The molecule has 2 rings (SSSR count). The second-order valence-corrected chi connectivity index (χ2v) is 6.14. The van der Waals surface area contributed by atoms with Crippen molar-refractivity contribution in [3.8, 4) is 5.75 Å². The maximum atomic E-state index is 13.4. The van der Waals surface area contributed by atoms with E-state index in [0.29, 0.717) is 24.8 Å². The van der Waals surface area contributed by atoms with E-state index in [0.717, 1.165) is 18.0 Å². The SMILES string of the molecule is CCC(C)NCc1cnc(CCOc2ccccc2F)s1. The van der Waals surface area contributed by atoms with E-state index in [-0.39, 0.29) is 5.82 Å². The minimum absolute atomic E-state index is 0.299. The van der Waals surface area contributed by atoms with Gasteiger partial charge >= 0.3 is 0 Å². The summed E-state index contributed by atoms with van der Waals surface area (Å²) in [6, 6.07) is 6.97. The number of hydrogen-bond acceptors (Lipinski definition) is 4. The molecule has 3 nitrogen and oxygen atoms in total. The summed E-state index contributed by atoms with van der Waals surface area (Å²) in [6.07, 6.45) is 3.71. The number of thiazole rings is 1. The summed E-state index contributed by atoms with van der Waals surface area (Å²) in [5, 5.41) is 4.46. The Morgan fingerprint density at radius 3 is 2.95 bits per heavy atom. The first-order chi connectivity index (χ1) is 10.2. The summed E-state index contributed by atoms with van der Waals surface area (Å²) in [5.41, 5.74) is 0. The first-order valence-corrected chi connectivity index (χ1v) is 8.05. The van der Waals surface area contributed by atoms with Gasteiger partial charge in [0.15, 0.2) is 11.6 Å². The third-order valence-corrected chi connectivity index (χ3v) is 4.31. The molecular formula is C16H21FN2OS. The standard InChI is InChI=1S/C16H21FN2OS/c1-3-12(2)18-10-13-11-19-16(21-13)8-9-20-15-7-5-4-6-14(15)17/h4-7,11-12,18H,3,8-10H2,1-2H3. The van der Waals surface area contributed by atoms with Gasteiger partial charge in [0.2, 0.25) is 0 Å². The summed E-state index contributed by atoms with van der Waals surface area (Å²) in [5.74, 6) is -0.0252. The van der Waals surface area contributed by atoms with E-state index in [2.05, 4.69) is 24.1 Å². The number of nitrogens with one attached hydrogen (secondary N) is 1. The highest BCUT2D eigenvalue weighted by Gasteiger charge is 2.05. The molecule has 2 aromatic rings. The molecule has 5 heteroatoms. The molecule has 1 atom stereocenters. The highest BCUT2D eigenvalue weighted by Crippen LogP contribution is 2.17. The van der Waals surface area contributed by atoms with Gasteiger partial charge in [-0.2, -0.15) is 0 Å². The largest absolute Gasteiger partial charge is 0.490 e. The lowest BCUT2D eigenvalue weighted by atomic mass is 10.2. The van der Waals surface area contributed by atoms with Crippen molar-refractivity contribution < 1.29 is 9.13 Å². The number of rotatable bonds is 8. The minimum Gasteiger partial charge on any atom is -0.490 e. The van der Waals surface area contributed by atoms with Crippen LogP contribution in [0, 0.1) is 5.82 Å². The minimum atomic E-state index is -0.324. The zero-order chi connectivity index (χ0) is 15.1. The molecule has 0 fully saturated rings. The highest BCUT2D eigenvalue weighted by atomic mass is 32.1. The average Bonchev–Trinajstić information content (AvgIpc) is 2.94. The molecule has 0 bridgehead atoms. The maximum absolute atomic E-state index is 13.4. The Bertz CT molecular complexity index is 559. The third kappa shape index (κ3) is 5.10. The van der Waals surface area contributed by atoms with Crippen molar-refractivity contribution in [3.05, 3.63) is 46.2 Å². The van der Waals surface area contributed by atoms with Crippen molar-refractivity contribution in [2.24, 2.45) is 0 Å². The van der Waals surface area contributed by atoms with Gasteiger partial charge in [0.1, 0.15) is 0 Å². The first-order valence-electron chi connectivity index (χ1n) is 7.23. The van der Waals surface area contributed by atoms with Gasteiger partial charge in [0.05, 0.1) is 11.6 Å². The van der Waals surface area contributed by atoms with Crippen LogP contribution in [0.4, 0.5) is 4.39 Å². The van der Waals surface area contributed by atoms with Gasteiger partial charge in [-0.25, -0.2) is 9.37 Å². The molecule has 0 aliphatic carbocycles. The molecule has 0 spiro atoms. The molecular weight excluding hydrogens is 287 g/mol. The lowest BCUT2D eigenvalue weighted by Gasteiger charge is -2.08. The van der Waals surface area contributed by atoms with Crippen LogP contribution in [-0.2, 0) is 13.0 Å². The van der Waals surface area contributed by atoms with E-state index in [1.54, 1.807) is 29.5 Å². The van der Waals surface area contributed by atoms with Gasteiger partial charge in [-0.05, 0) is 25.5 Å². The van der Waals surface area contributed by atoms with Crippen molar-refractivity contribution in [2.45, 2.75) is 39.3 Å². The van der Waals surface area contributed by atoms with E-state index in [4.69, 9.17) is 4.74 Å². The van der Waals surface area contributed by atoms with Crippen LogP contribution >= 0.6 is 11.3 Å². The van der Waals surface area contributed by atoms with E-state index >= 15 is 0 Å². The van der Waals surface area contributed by atoms with E-state index < -0.39 is 0 Å². The fourth-order valence-corrected chi connectivity index (χ4v) is 2.63. The Kier molecular flexibility index (Phi) is 6.14. The summed E-state index contributed by atoms with van der Waals surface area (Å²) in [7, 11) is 0. The second kappa shape index (κ2) is 8.10. The van der Waals surface area contributed by atoms with Gasteiger partial charge < -0.3 is 10.1 Å². The van der Waals surface area contributed by atoms with Crippen LogP contribution in [0.25, 0.3) is 0 Å². The van der Waals surface area contributed by atoms with Crippen LogP contribution < -0.4 is 10.1 Å². The summed E-state index contributed by atoms with van der Waals surface area (Å²) in [6.45, 7) is 5.62. The summed E-state index contributed by atoms with van der Waals surface area (Å²) >= 11 is 1.68.